The molecule has 0 radical (unpaired) electrons. The maximum Gasteiger partial charge on any atom is 0.249 e. The van der Waals surface area contributed by atoms with Crippen molar-refractivity contribution in [1.82, 2.24) is 15.7 Å². The number of nitrogens with one attached hydrogen (secondary N) is 2. The van der Waals surface area contributed by atoms with Crippen LogP contribution >= 0.6 is 0 Å². The predicted molar refractivity (Wildman–Crippen MR) is 53.8 cm³/mol. The summed E-state index contributed by atoms with van der Waals surface area (Å²) in [4.78, 5) is 16.7. The van der Waals surface area contributed by atoms with Gasteiger partial charge in [-0.15, -0.1) is 0 Å². The summed E-state index contributed by atoms with van der Waals surface area (Å²) in [6.45, 7) is 0. The molecule has 2 N–H and O–H groups in total. The highest BCUT2D eigenvalue weighted by Gasteiger charge is 2.16. The van der Waals surface area contributed by atoms with Crippen molar-refractivity contribution in [3.63, 3.8) is 0 Å². The molecular formula is C10H15N3O2. The van der Waals surface area contributed by atoms with E-state index in [2.05, 4.69) is 15.7 Å². The summed E-state index contributed by atoms with van der Waals surface area (Å²) >= 11 is 0. The molecule has 1 saturated carbocycles. The van der Waals surface area contributed by atoms with E-state index in [0.29, 0.717) is 0 Å². The van der Waals surface area contributed by atoms with Gasteiger partial charge in [-0.25, -0.2) is 5.48 Å². The molecule has 1 heterocycles. The fourth-order valence-corrected chi connectivity index (χ4v) is 1.75. The van der Waals surface area contributed by atoms with E-state index in [0.717, 1.165) is 18.5 Å². The lowest BCUT2D eigenvalue weighted by molar-refractivity contribution is -0.137. The van der Waals surface area contributed by atoms with Gasteiger partial charge in [0, 0.05) is 11.9 Å². The van der Waals surface area contributed by atoms with Gasteiger partial charge in [-0.2, -0.15) is 5.10 Å². The van der Waals surface area contributed by atoms with Gasteiger partial charge in [-0.3, -0.25) is 14.7 Å². The maximum absolute atomic E-state index is 11.4. The molecule has 0 atom stereocenters. The monoisotopic (exact) mass is 209 g/mol. The molecule has 1 aromatic rings. The van der Waals surface area contributed by atoms with E-state index in [4.69, 9.17) is 4.84 Å². The Balaban J connectivity index is 1.68. The third kappa shape index (κ3) is 3.06. The van der Waals surface area contributed by atoms with Gasteiger partial charge < -0.3 is 0 Å². The van der Waals surface area contributed by atoms with Crippen LogP contribution < -0.4 is 5.48 Å². The van der Waals surface area contributed by atoms with Crippen LogP contribution in [0, 0.1) is 0 Å². The molecule has 5 nitrogen and oxygen atoms in total. The number of carbonyl (C=O) groups excluding carboxylic acids is 1. The van der Waals surface area contributed by atoms with E-state index in [1.807, 2.05) is 0 Å². The first-order chi connectivity index (χ1) is 7.34. The van der Waals surface area contributed by atoms with Gasteiger partial charge in [0.1, 0.15) is 0 Å². The summed E-state index contributed by atoms with van der Waals surface area (Å²) in [6.07, 6.45) is 6.60. The fourth-order valence-electron chi connectivity index (χ4n) is 1.75. The number of aromatic amines is 1. The van der Waals surface area contributed by atoms with Crippen molar-refractivity contribution < 1.29 is 9.63 Å². The number of nitrogens with zero attached hydrogens (tertiary/aromatic N) is 1. The van der Waals surface area contributed by atoms with Crippen LogP contribution in [-0.4, -0.2) is 22.2 Å². The molecule has 0 saturated heterocycles. The molecule has 1 aliphatic rings. The van der Waals surface area contributed by atoms with Crippen molar-refractivity contribution in [2.75, 3.05) is 0 Å². The van der Waals surface area contributed by atoms with E-state index in [1.54, 1.807) is 12.3 Å². The Kier molecular flexibility index (Phi) is 3.34. The Labute approximate surface area is 88.2 Å². The maximum atomic E-state index is 11.4. The standard InChI is InChI=1S/C10H15N3O2/c14-10(7-8-5-6-11-12-8)13-15-9-3-1-2-4-9/h5-6,9H,1-4,7H2,(H,11,12)(H,13,14). The zero-order valence-corrected chi connectivity index (χ0v) is 8.53. The highest BCUT2D eigenvalue weighted by atomic mass is 16.7. The third-order valence-corrected chi connectivity index (χ3v) is 2.55. The molecule has 0 aliphatic heterocycles. The first-order valence-electron chi connectivity index (χ1n) is 5.27. The highest BCUT2D eigenvalue weighted by Crippen LogP contribution is 2.19. The zero-order valence-electron chi connectivity index (χ0n) is 8.53. The first kappa shape index (κ1) is 10.2. The first-order valence-corrected chi connectivity index (χ1v) is 5.27. The smallest absolute Gasteiger partial charge is 0.249 e. The highest BCUT2D eigenvalue weighted by molar-refractivity contribution is 5.76. The third-order valence-electron chi connectivity index (χ3n) is 2.55. The van der Waals surface area contributed by atoms with E-state index in [1.165, 1.54) is 12.8 Å². The van der Waals surface area contributed by atoms with Crippen LogP contribution in [0.2, 0.25) is 0 Å². The van der Waals surface area contributed by atoms with Gasteiger partial charge in [0.15, 0.2) is 0 Å². The van der Waals surface area contributed by atoms with E-state index >= 15 is 0 Å². The molecule has 1 fully saturated rings. The van der Waals surface area contributed by atoms with Gasteiger partial charge in [-0.05, 0) is 18.9 Å². The number of hydroxylamine groups is 1. The Morgan fingerprint density at radius 1 is 1.60 bits per heavy atom. The summed E-state index contributed by atoms with van der Waals surface area (Å²) in [5.41, 5.74) is 3.27. The average Bonchev–Trinajstić information content (AvgIpc) is 2.86. The molecule has 82 valence electrons. The van der Waals surface area contributed by atoms with Crippen LogP contribution in [0.4, 0.5) is 0 Å². The molecule has 5 heteroatoms. The van der Waals surface area contributed by atoms with Crippen LogP contribution in [0.5, 0.6) is 0 Å². The fraction of sp³-hybridized carbons (Fsp3) is 0.600. The predicted octanol–water partition coefficient (Wildman–Crippen LogP) is 0.943. The summed E-state index contributed by atoms with van der Waals surface area (Å²) in [5.74, 6) is -0.133. The van der Waals surface area contributed by atoms with Crippen molar-refractivity contribution in [3.8, 4) is 0 Å². The number of rotatable bonds is 4. The van der Waals surface area contributed by atoms with Crippen LogP contribution in [0.3, 0.4) is 0 Å². The molecule has 0 bridgehead atoms. The lowest BCUT2D eigenvalue weighted by Gasteiger charge is -2.10. The average molecular weight is 209 g/mol. The summed E-state index contributed by atoms with van der Waals surface area (Å²) < 4.78 is 0. The minimum Gasteiger partial charge on any atom is -0.282 e. The van der Waals surface area contributed by atoms with Crippen LogP contribution in [0.1, 0.15) is 31.4 Å². The van der Waals surface area contributed by atoms with Gasteiger partial charge in [0.2, 0.25) is 5.91 Å². The van der Waals surface area contributed by atoms with Crippen molar-refractivity contribution in [2.45, 2.75) is 38.2 Å². The van der Waals surface area contributed by atoms with Crippen molar-refractivity contribution >= 4 is 5.91 Å². The minimum absolute atomic E-state index is 0.133. The molecule has 1 amide bonds. The molecule has 0 spiro atoms. The number of amides is 1. The van der Waals surface area contributed by atoms with Crippen LogP contribution in [0.25, 0.3) is 0 Å². The van der Waals surface area contributed by atoms with Crippen LogP contribution in [-0.2, 0) is 16.1 Å². The van der Waals surface area contributed by atoms with Gasteiger partial charge in [0.25, 0.3) is 0 Å². The molecule has 1 aliphatic carbocycles. The van der Waals surface area contributed by atoms with Gasteiger partial charge >= 0.3 is 0 Å². The number of carbonyl (C=O) groups is 1. The number of H-pyrrole nitrogens is 1. The Hall–Kier alpha value is -1.36. The number of hydrogen-bond donors (Lipinski definition) is 2. The molecule has 2 rings (SSSR count). The van der Waals surface area contributed by atoms with Gasteiger partial charge in [-0.1, -0.05) is 12.8 Å². The lowest BCUT2D eigenvalue weighted by atomic mass is 10.3. The lowest BCUT2D eigenvalue weighted by Crippen LogP contribution is -2.29. The Morgan fingerprint density at radius 3 is 3.07 bits per heavy atom. The second kappa shape index (κ2) is 4.93. The zero-order chi connectivity index (χ0) is 10.5. The Bertz CT molecular complexity index is 304. The topological polar surface area (TPSA) is 67.0 Å². The second-order valence-corrected chi connectivity index (χ2v) is 3.81. The molecule has 15 heavy (non-hydrogen) atoms. The molecule has 1 aromatic heterocycles. The summed E-state index contributed by atoms with van der Waals surface area (Å²) in [7, 11) is 0. The van der Waals surface area contributed by atoms with E-state index < -0.39 is 0 Å². The van der Waals surface area contributed by atoms with Crippen molar-refractivity contribution in [3.05, 3.63) is 18.0 Å². The largest absolute Gasteiger partial charge is 0.282 e. The van der Waals surface area contributed by atoms with Crippen molar-refractivity contribution in [2.24, 2.45) is 0 Å². The SMILES string of the molecule is O=C(Cc1ccn[nH]1)NOC1CCCC1. The van der Waals surface area contributed by atoms with Crippen LogP contribution in [0.15, 0.2) is 12.3 Å². The Morgan fingerprint density at radius 2 is 2.40 bits per heavy atom. The number of hydrogen-bond acceptors (Lipinski definition) is 3. The van der Waals surface area contributed by atoms with E-state index in [-0.39, 0.29) is 18.4 Å². The molecule has 0 unspecified atom stereocenters. The minimum atomic E-state index is -0.133. The van der Waals surface area contributed by atoms with Crippen molar-refractivity contribution in [1.29, 1.82) is 0 Å². The van der Waals surface area contributed by atoms with E-state index in [9.17, 15) is 4.79 Å². The molecule has 0 aromatic carbocycles. The summed E-state index contributed by atoms with van der Waals surface area (Å²) in [6, 6.07) is 1.77. The molecular weight excluding hydrogens is 194 g/mol. The second-order valence-electron chi connectivity index (χ2n) is 3.81. The normalized spacial score (nSPS) is 16.8. The number of aromatic nitrogens is 2. The quantitative estimate of drug-likeness (QED) is 0.725. The summed E-state index contributed by atoms with van der Waals surface area (Å²) in [5, 5.41) is 6.50. The van der Waals surface area contributed by atoms with Gasteiger partial charge in [0.05, 0.1) is 12.5 Å².